The van der Waals surface area contributed by atoms with Crippen LogP contribution in [-0.2, 0) is 6.54 Å². The van der Waals surface area contributed by atoms with Gasteiger partial charge in [0.2, 0.25) is 0 Å². The van der Waals surface area contributed by atoms with Gasteiger partial charge in [-0.05, 0) is 31.4 Å². The number of benzene rings is 1. The Hall–Kier alpha value is -3.03. The first-order valence-corrected chi connectivity index (χ1v) is 9.98. The highest BCUT2D eigenvalue weighted by atomic mass is 16.5. The maximum atomic E-state index is 13.4. The Bertz CT molecular complexity index is 962. The van der Waals surface area contributed by atoms with Crippen molar-refractivity contribution in [3.05, 3.63) is 50.7 Å². The molecule has 8 heteroatoms. The van der Waals surface area contributed by atoms with E-state index in [2.05, 4.69) is 4.98 Å². The van der Waals surface area contributed by atoms with Crippen molar-refractivity contribution in [3.8, 4) is 5.75 Å². The number of nitrogens with one attached hydrogen (secondary N) is 1. The monoisotopic (exact) mass is 402 g/mol. The van der Waals surface area contributed by atoms with Gasteiger partial charge in [0.25, 0.3) is 11.5 Å². The Kier molecular flexibility index (Phi) is 7.64. The smallest absolute Gasteiger partial charge is 0.330 e. The molecule has 158 valence electrons. The number of hydrogen-bond donors (Lipinski definition) is 2. The largest absolute Gasteiger partial charge is 0.493 e. The summed E-state index contributed by atoms with van der Waals surface area (Å²) in [5, 5.41) is 0. The molecule has 1 heterocycles. The second-order valence-corrected chi connectivity index (χ2v) is 7.24. The third-order valence-corrected chi connectivity index (χ3v) is 4.43. The number of aromatic nitrogens is 2. The molecule has 3 N–H and O–H groups in total. The van der Waals surface area contributed by atoms with Crippen LogP contribution in [0.3, 0.4) is 0 Å². The Balaban J connectivity index is 2.64. The van der Waals surface area contributed by atoms with Crippen LogP contribution in [-0.4, -0.2) is 28.6 Å². The summed E-state index contributed by atoms with van der Waals surface area (Å²) in [7, 11) is 0. The fourth-order valence-corrected chi connectivity index (χ4v) is 3.09. The molecule has 2 aromatic rings. The third kappa shape index (κ3) is 5.07. The van der Waals surface area contributed by atoms with E-state index >= 15 is 0 Å². The van der Waals surface area contributed by atoms with Crippen LogP contribution in [0.15, 0.2) is 33.9 Å². The number of carbonyl (C=O) groups is 1. The zero-order valence-electron chi connectivity index (χ0n) is 17.5. The fraction of sp³-hybridized carbons (Fsp3) is 0.476. The van der Waals surface area contributed by atoms with Gasteiger partial charge in [0.05, 0.1) is 12.2 Å². The minimum Gasteiger partial charge on any atom is -0.493 e. The zero-order valence-corrected chi connectivity index (χ0v) is 17.5. The van der Waals surface area contributed by atoms with Gasteiger partial charge in [0.15, 0.2) is 5.69 Å². The maximum absolute atomic E-state index is 13.4. The number of carbonyl (C=O) groups excluding carboxylic acids is 1. The Labute approximate surface area is 170 Å². The highest BCUT2D eigenvalue weighted by Gasteiger charge is 2.27. The van der Waals surface area contributed by atoms with Crippen molar-refractivity contribution >= 4 is 17.4 Å². The normalized spacial score (nSPS) is 10.9. The first-order valence-electron chi connectivity index (χ1n) is 9.98. The average Bonchev–Trinajstić information content (AvgIpc) is 2.66. The van der Waals surface area contributed by atoms with E-state index in [1.54, 1.807) is 24.3 Å². The second kappa shape index (κ2) is 9.95. The lowest BCUT2D eigenvalue weighted by molar-refractivity contribution is 0.0979. The molecule has 0 atom stereocenters. The van der Waals surface area contributed by atoms with E-state index in [9.17, 15) is 14.4 Å². The Morgan fingerprint density at radius 1 is 1.24 bits per heavy atom. The molecular formula is C21H30N4O4. The molecule has 1 aromatic carbocycles. The van der Waals surface area contributed by atoms with Crippen molar-refractivity contribution < 1.29 is 9.53 Å². The molecule has 2 rings (SSSR count). The number of amides is 1. The number of nitrogens with zero attached hydrogens (tertiary/aromatic N) is 2. The highest BCUT2D eigenvalue weighted by molar-refractivity contribution is 6.08. The minimum atomic E-state index is -0.678. The molecule has 1 amide bonds. The van der Waals surface area contributed by atoms with Crippen LogP contribution in [0.5, 0.6) is 5.75 Å². The van der Waals surface area contributed by atoms with Crippen LogP contribution in [0.4, 0.5) is 11.5 Å². The molecule has 0 aliphatic carbocycles. The number of para-hydroxylation sites is 1. The molecule has 29 heavy (non-hydrogen) atoms. The van der Waals surface area contributed by atoms with Gasteiger partial charge in [-0.3, -0.25) is 19.1 Å². The number of hydrogen-bond acceptors (Lipinski definition) is 5. The summed E-state index contributed by atoms with van der Waals surface area (Å²) < 4.78 is 6.90. The molecule has 0 spiro atoms. The molecule has 8 nitrogen and oxygen atoms in total. The molecule has 0 aliphatic rings. The molecule has 0 fully saturated rings. The van der Waals surface area contributed by atoms with Gasteiger partial charge in [0.1, 0.15) is 11.6 Å². The number of nitrogen functional groups attached to an aromatic ring is 1. The standard InChI is InChI=1S/C21H30N4O4/c1-5-7-12-24-18(22)17(19(26)23-21(24)28)25(13-14(3)4)20(27)15-10-8-9-11-16(15)29-6-2/h8-11,14H,5-7,12-13,22H2,1-4H3,(H,23,26,28). The highest BCUT2D eigenvalue weighted by Crippen LogP contribution is 2.25. The topological polar surface area (TPSA) is 110 Å². The van der Waals surface area contributed by atoms with E-state index in [1.807, 2.05) is 27.7 Å². The van der Waals surface area contributed by atoms with Crippen molar-refractivity contribution in [2.75, 3.05) is 23.8 Å². The summed E-state index contributed by atoms with van der Waals surface area (Å²) in [6.07, 6.45) is 1.58. The number of ether oxygens (including phenoxy) is 1. The summed E-state index contributed by atoms with van der Waals surface area (Å²) in [5.41, 5.74) is 5.31. The summed E-state index contributed by atoms with van der Waals surface area (Å²) in [6.45, 7) is 8.73. The van der Waals surface area contributed by atoms with E-state index in [-0.39, 0.29) is 24.0 Å². The molecule has 0 bridgehead atoms. The van der Waals surface area contributed by atoms with E-state index in [4.69, 9.17) is 10.5 Å². The Morgan fingerprint density at radius 3 is 2.55 bits per heavy atom. The fourth-order valence-electron chi connectivity index (χ4n) is 3.09. The molecular weight excluding hydrogens is 372 g/mol. The molecule has 1 aromatic heterocycles. The van der Waals surface area contributed by atoms with Crippen LogP contribution in [0.2, 0.25) is 0 Å². The molecule has 0 unspecified atom stereocenters. The van der Waals surface area contributed by atoms with Crippen LogP contribution < -0.4 is 26.6 Å². The van der Waals surface area contributed by atoms with E-state index < -0.39 is 17.2 Å². The SMILES string of the molecule is CCCCn1c(N)c(N(CC(C)C)C(=O)c2ccccc2OCC)c(=O)[nH]c1=O. The lowest BCUT2D eigenvalue weighted by Gasteiger charge is -2.26. The van der Waals surface area contributed by atoms with Gasteiger partial charge < -0.3 is 15.4 Å². The lowest BCUT2D eigenvalue weighted by Crippen LogP contribution is -2.42. The maximum Gasteiger partial charge on any atom is 0.330 e. The third-order valence-electron chi connectivity index (χ3n) is 4.43. The molecule has 0 saturated carbocycles. The van der Waals surface area contributed by atoms with Gasteiger partial charge >= 0.3 is 5.69 Å². The van der Waals surface area contributed by atoms with E-state index in [0.29, 0.717) is 24.5 Å². The quantitative estimate of drug-likeness (QED) is 0.670. The summed E-state index contributed by atoms with van der Waals surface area (Å²) in [4.78, 5) is 42.0. The molecule has 0 saturated heterocycles. The first kappa shape index (κ1) is 22.3. The minimum absolute atomic E-state index is 0.00455. The lowest BCUT2D eigenvalue weighted by atomic mass is 10.1. The number of rotatable bonds is 9. The predicted octanol–water partition coefficient (Wildman–Crippen LogP) is 2.62. The predicted molar refractivity (Wildman–Crippen MR) is 115 cm³/mol. The van der Waals surface area contributed by atoms with Crippen molar-refractivity contribution in [2.24, 2.45) is 5.92 Å². The summed E-state index contributed by atoms with van der Waals surface area (Å²) in [6, 6.07) is 6.87. The van der Waals surface area contributed by atoms with Crippen LogP contribution in [0, 0.1) is 5.92 Å². The average molecular weight is 402 g/mol. The molecule has 0 aliphatic heterocycles. The van der Waals surface area contributed by atoms with Gasteiger partial charge in [0, 0.05) is 13.1 Å². The van der Waals surface area contributed by atoms with Crippen molar-refractivity contribution in [1.82, 2.24) is 9.55 Å². The van der Waals surface area contributed by atoms with Crippen molar-refractivity contribution in [1.29, 1.82) is 0 Å². The van der Waals surface area contributed by atoms with Gasteiger partial charge in [-0.2, -0.15) is 0 Å². The Morgan fingerprint density at radius 2 is 1.93 bits per heavy atom. The second-order valence-electron chi connectivity index (χ2n) is 7.24. The number of unbranched alkanes of at least 4 members (excludes halogenated alkanes) is 1. The number of anilines is 2. The number of nitrogens with two attached hydrogens (primary N) is 1. The van der Waals surface area contributed by atoms with Gasteiger partial charge in [-0.25, -0.2) is 4.79 Å². The number of aromatic amines is 1. The summed E-state index contributed by atoms with van der Waals surface area (Å²) in [5.74, 6) is 0.0896. The van der Waals surface area contributed by atoms with E-state index in [1.165, 1.54) is 9.47 Å². The van der Waals surface area contributed by atoms with Gasteiger partial charge in [-0.1, -0.05) is 39.3 Å². The van der Waals surface area contributed by atoms with Gasteiger partial charge in [-0.15, -0.1) is 0 Å². The van der Waals surface area contributed by atoms with Crippen LogP contribution >= 0.6 is 0 Å². The van der Waals surface area contributed by atoms with E-state index in [0.717, 1.165) is 12.8 Å². The first-order chi connectivity index (χ1) is 13.8. The summed E-state index contributed by atoms with van der Waals surface area (Å²) >= 11 is 0. The number of H-pyrrole nitrogens is 1. The van der Waals surface area contributed by atoms with Crippen LogP contribution in [0.25, 0.3) is 0 Å². The zero-order chi connectivity index (χ0) is 21.6. The van der Waals surface area contributed by atoms with Crippen LogP contribution in [0.1, 0.15) is 50.9 Å². The van der Waals surface area contributed by atoms with Crippen molar-refractivity contribution in [3.63, 3.8) is 0 Å². The molecule has 0 radical (unpaired) electrons. The van der Waals surface area contributed by atoms with Crippen molar-refractivity contribution in [2.45, 2.75) is 47.1 Å².